The van der Waals surface area contributed by atoms with Gasteiger partial charge in [-0.1, -0.05) is 56.4 Å². The van der Waals surface area contributed by atoms with Crippen molar-refractivity contribution in [2.75, 3.05) is 70.2 Å². The number of anilines is 2. The maximum absolute atomic E-state index is 14.2. The fourth-order valence-corrected chi connectivity index (χ4v) is 9.15. The summed E-state index contributed by atoms with van der Waals surface area (Å²) in [5, 5.41) is 37.8. The van der Waals surface area contributed by atoms with Crippen LogP contribution in [0.25, 0.3) is 10.8 Å². The molecule has 0 radical (unpaired) electrons. The normalized spacial score (nSPS) is 15.2. The first-order chi connectivity index (χ1) is 34.9. The molecule has 1 unspecified atom stereocenters. The molecule has 0 bridgehead atoms. The molecule has 386 valence electrons. The molecule has 2 fully saturated rings. The van der Waals surface area contributed by atoms with Crippen molar-refractivity contribution in [1.29, 1.82) is 0 Å². The van der Waals surface area contributed by atoms with Gasteiger partial charge in [0.2, 0.25) is 17.7 Å². The summed E-state index contributed by atoms with van der Waals surface area (Å²) in [7, 11) is 3.91. The summed E-state index contributed by atoms with van der Waals surface area (Å²) in [5.41, 5.74) is 3.54. The summed E-state index contributed by atoms with van der Waals surface area (Å²) in [5.74, 6) is -3.19. The van der Waals surface area contributed by atoms with Crippen LogP contribution in [0.3, 0.4) is 0 Å². The third kappa shape index (κ3) is 16.9. The highest BCUT2D eigenvalue weighted by Crippen LogP contribution is 2.31. The first-order valence-electron chi connectivity index (χ1n) is 24.8. The van der Waals surface area contributed by atoms with Crippen LogP contribution in [0.5, 0.6) is 0 Å². The van der Waals surface area contributed by atoms with Gasteiger partial charge in [-0.15, -0.1) is 0 Å². The Balaban J connectivity index is 1.03. The molecule has 6 rings (SSSR count). The minimum atomic E-state index is -1.33. The minimum Gasteiger partial charge on any atom is -0.480 e. The largest absolute Gasteiger partial charge is 0.480 e. The number of aliphatic carboxylic acids is 1. The van der Waals surface area contributed by atoms with E-state index in [0.29, 0.717) is 86.0 Å². The lowest BCUT2D eigenvalue weighted by molar-refractivity contribution is -0.142. The Morgan fingerprint density at radius 2 is 1.38 bits per heavy atom. The molecule has 1 heterocycles. The van der Waals surface area contributed by atoms with E-state index in [-0.39, 0.29) is 50.1 Å². The van der Waals surface area contributed by atoms with Gasteiger partial charge in [0, 0.05) is 92.5 Å². The Labute approximate surface area is 424 Å². The number of carbonyl (C=O) groups is 6. The maximum atomic E-state index is 14.2. The fourth-order valence-electron chi connectivity index (χ4n) is 8.73. The van der Waals surface area contributed by atoms with Crippen molar-refractivity contribution in [3.63, 3.8) is 0 Å². The molecule has 6 amide bonds. The molecule has 1 aliphatic heterocycles. The quantitative estimate of drug-likeness (QED) is 0.0186. The van der Waals surface area contributed by atoms with Gasteiger partial charge in [-0.25, -0.2) is 9.59 Å². The number of fused-ring (bicyclic) bond motifs is 1. The van der Waals surface area contributed by atoms with E-state index >= 15 is 0 Å². The predicted molar refractivity (Wildman–Crippen MR) is 278 cm³/mol. The summed E-state index contributed by atoms with van der Waals surface area (Å²) >= 11 is 0.670. The number of carboxylic acids is 1. The topological polar surface area (TPSA) is 255 Å². The summed E-state index contributed by atoms with van der Waals surface area (Å²) in [6, 6.07) is 21.5. The number of benzene rings is 4. The van der Waals surface area contributed by atoms with Gasteiger partial charge < -0.3 is 56.1 Å². The van der Waals surface area contributed by atoms with Gasteiger partial charge in [-0.2, -0.15) is 10.2 Å². The number of azo groups is 1. The highest BCUT2D eigenvalue weighted by molar-refractivity contribution is 7.94. The Kier molecular flexibility index (Phi) is 21.5. The van der Waals surface area contributed by atoms with E-state index in [9.17, 15) is 38.4 Å². The molecule has 1 saturated heterocycles. The van der Waals surface area contributed by atoms with Crippen LogP contribution in [0.15, 0.2) is 100 Å². The number of carbonyl (C=O) groups excluding carboxylic acids is 5. The number of ether oxygens (including phenoxy) is 1. The molecule has 20 heteroatoms. The second kappa shape index (κ2) is 28.3. The molecule has 4 aromatic carbocycles. The number of hydrogen-bond donors (Lipinski definition) is 8. The standard InChI is InChI=1S/C52H68N10O9S/c1-61(2)39-23-21-38(22-24-39)60-59-37-19-17-36(18-20-37)48(64)55-27-7-6-14-44(51(67)68)57-49(65)43(25-26-47(63)54-29-28-53-42-15-8-13-41-40(42)12-9-16-46(41)72-70)56-50(66)45(34-35-10-4-3-5-11-35)58-52(69)62-30-32-71-33-31-62/h8-9,12-13,15-24,35,43-45,53,70H,3-7,10-11,14,25-34H2,1-2H3,(H,54,63)(H,55,64)(H,56,66)(H,57,65)(H,58,69)(H,67,68)/t43?,44-,45-/m0/s1. The molecule has 19 nitrogen and oxygen atoms in total. The van der Waals surface area contributed by atoms with Gasteiger partial charge in [0.25, 0.3) is 5.91 Å². The van der Waals surface area contributed by atoms with Crippen LogP contribution in [-0.2, 0) is 23.9 Å². The molecular weight excluding hydrogens is 941 g/mol. The van der Waals surface area contributed by atoms with Crippen LogP contribution < -0.4 is 36.8 Å². The average Bonchev–Trinajstić information content (AvgIpc) is 3.40. The molecule has 8 N–H and O–H groups in total. The smallest absolute Gasteiger partial charge is 0.326 e. The Bertz CT molecular complexity index is 2460. The number of carboxylic acid groups (broad SMARTS) is 1. The van der Waals surface area contributed by atoms with Crippen molar-refractivity contribution in [3.8, 4) is 0 Å². The number of nitrogens with zero attached hydrogens (tertiary/aromatic N) is 4. The fraction of sp³-hybridized carbons (Fsp3) is 0.462. The molecule has 2 aliphatic rings. The van der Waals surface area contributed by atoms with Crippen LogP contribution in [-0.4, -0.2) is 128 Å². The van der Waals surface area contributed by atoms with Crippen molar-refractivity contribution >= 4 is 81.2 Å². The van der Waals surface area contributed by atoms with E-state index in [1.54, 1.807) is 29.2 Å². The highest BCUT2D eigenvalue weighted by Gasteiger charge is 2.33. The van der Waals surface area contributed by atoms with E-state index in [2.05, 4.69) is 42.1 Å². The second-order valence-electron chi connectivity index (χ2n) is 18.3. The second-order valence-corrected chi connectivity index (χ2v) is 18.9. The third-order valence-electron chi connectivity index (χ3n) is 12.8. The first-order valence-corrected chi connectivity index (χ1v) is 25.5. The monoisotopic (exact) mass is 1010 g/mol. The highest BCUT2D eigenvalue weighted by atomic mass is 32.2. The molecule has 0 aromatic heterocycles. The molecule has 3 atom stereocenters. The van der Waals surface area contributed by atoms with Gasteiger partial charge in [-0.05, 0) is 104 Å². The summed E-state index contributed by atoms with van der Waals surface area (Å²) < 4.78 is 15.1. The molecule has 72 heavy (non-hydrogen) atoms. The van der Waals surface area contributed by atoms with Gasteiger partial charge in [0.15, 0.2) is 0 Å². The number of amides is 6. The van der Waals surface area contributed by atoms with Gasteiger partial charge >= 0.3 is 12.0 Å². The summed E-state index contributed by atoms with van der Waals surface area (Å²) in [6.07, 6.45) is 5.73. The number of morpholine rings is 1. The minimum absolute atomic E-state index is 0.0272. The van der Waals surface area contributed by atoms with Gasteiger partial charge in [-0.3, -0.25) is 19.2 Å². The van der Waals surface area contributed by atoms with Crippen LogP contribution in [0.4, 0.5) is 27.5 Å². The van der Waals surface area contributed by atoms with Crippen molar-refractivity contribution in [1.82, 2.24) is 31.5 Å². The molecule has 1 aliphatic carbocycles. The van der Waals surface area contributed by atoms with Crippen molar-refractivity contribution in [2.45, 2.75) is 93.7 Å². The van der Waals surface area contributed by atoms with Gasteiger partial charge in [0.05, 0.1) is 24.6 Å². The number of nitrogens with one attached hydrogen (secondary N) is 6. The number of unbranched alkanes of at least 4 members (excludes halogenated alkanes) is 1. The van der Waals surface area contributed by atoms with Crippen molar-refractivity contribution < 1.29 is 43.2 Å². The number of rotatable bonds is 25. The van der Waals surface area contributed by atoms with Crippen LogP contribution >= 0.6 is 12.0 Å². The van der Waals surface area contributed by atoms with Crippen molar-refractivity contribution in [3.05, 3.63) is 90.5 Å². The molecule has 0 spiro atoms. The van der Waals surface area contributed by atoms with Crippen molar-refractivity contribution in [2.24, 2.45) is 16.1 Å². The van der Waals surface area contributed by atoms with Crippen LogP contribution in [0.2, 0.25) is 0 Å². The van der Waals surface area contributed by atoms with E-state index in [1.165, 1.54) is 0 Å². The van der Waals surface area contributed by atoms with E-state index in [0.717, 1.165) is 54.3 Å². The molecule has 4 aromatic rings. The molecule has 1 saturated carbocycles. The number of hydrogen-bond acceptors (Lipinski definition) is 13. The first kappa shape index (κ1) is 54.6. The lowest BCUT2D eigenvalue weighted by Crippen LogP contribution is -2.58. The predicted octanol–water partition coefficient (Wildman–Crippen LogP) is 7.23. The average molecular weight is 1010 g/mol. The van der Waals surface area contributed by atoms with E-state index in [4.69, 9.17) is 4.74 Å². The Morgan fingerprint density at radius 3 is 2.06 bits per heavy atom. The molecular formula is C52H68N10O9S. The number of urea groups is 1. The SMILES string of the molecule is CN(C)c1ccc(N=Nc2ccc(C(=O)NCCCC[C@H](NC(=O)C(CCC(=O)NCCNc3cccc4c(SO)cccc34)NC(=O)[C@H](CC3CCCCC3)NC(=O)N3CCOCC3)C(=O)O)cc2)cc1. The summed E-state index contributed by atoms with van der Waals surface area (Å²) in [4.78, 5) is 84.6. The maximum Gasteiger partial charge on any atom is 0.326 e. The zero-order valence-electron chi connectivity index (χ0n) is 41.1. The van der Waals surface area contributed by atoms with E-state index in [1.807, 2.05) is 79.7 Å². The lowest BCUT2D eigenvalue weighted by atomic mass is 9.84. The third-order valence-corrected chi connectivity index (χ3v) is 13.4. The van der Waals surface area contributed by atoms with Gasteiger partial charge in [0.1, 0.15) is 18.1 Å². The Hall–Kier alpha value is -6.77. The lowest BCUT2D eigenvalue weighted by Gasteiger charge is -2.32. The Morgan fingerprint density at radius 1 is 0.722 bits per heavy atom. The van der Waals surface area contributed by atoms with Crippen LogP contribution in [0, 0.1) is 5.92 Å². The van der Waals surface area contributed by atoms with E-state index < -0.39 is 41.9 Å². The zero-order chi connectivity index (χ0) is 51.2. The van der Waals surface area contributed by atoms with Crippen LogP contribution in [0.1, 0.15) is 81.0 Å². The summed E-state index contributed by atoms with van der Waals surface area (Å²) in [6.45, 7) is 2.33. The zero-order valence-corrected chi connectivity index (χ0v) is 41.9.